The lowest BCUT2D eigenvalue weighted by molar-refractivity contribution is -0.135. The van der Waals surface area contributed by atoms with E-state index in [0.29, 0.717) is 38.3 Å². The molecule has 0 bridgehead atoms. The lowest BCUT2D eigenvalue weighted by Crippen LogP contribution is -2.51. The van der Waals surface area contributed by atoms with Gasteiger partial charge >= 0.3 is 6.03 Å². The first-order chi connectivity index (χ1) is 17.9. The molecule has 0 saturated carbocycles. The second-order valence-electron chi connectivity index (χ2n) is 9.60. The largest absolute Gasteiger partial charge is 0.361 e. The number of carbonyl (C=O) groups is 3. The van der Waals surface area contributed by atoms with Crippen molar-refractivity contribution >= 4 is 35.3 Å². The number of hydrogen-bond donors (Lipinski definition) is 2. The van der Waals surface area contributed by atoms with E-state index in [1.807, 2.05) is 83.9 Å². The number of urea groups is 1. The van der Waals surface area contributed by atoms with Crippen LogP contribution >= 0.6 is 11.8 Å². The van der Waals surface area contributed by atoms with E-state index in [1.54, 1.807) is 16.7 Å². The quantitative estimate of drug-likeness (QED) is 0.569. The Morgan fingerprint density at radius 1 is 1.00 bits per heavy atom. The third-order valence-corrected chi connectivity index (χ3v) is 7.84. The predicted molar refractivity (Wildman–Crippen MR) is 143 cm³/mol. The molecule has 0 aromatic heterocycles. The lowest BCUT2D eigenvalue weighted by atomic mass is 10.0. The number of likely N-dealkylation sites (tertiary alicyclic amines) is 1. The molecule has 3 heterocycles. The van der Waals surface area contributed by atoms with Gasteiger partial charge in [0.15, 0.2) is 0 Å². The zero-order chi connectivity index (χ0) is 25.9. The minimum Gasteiger partial charge on any atom is -0.361 e. The van der Waals surface area contributed by atoms with Crippen LogP contribution in [0.2, 0.25) is 0 Å². The molecule has 37 heavy (non-hydrogen) atoms. The van der Waals surface area contributed by atoms with Gasteiger partial charge in [0.2, 0.25) is 5.91 Å². The number of carbonyl (C=O) groups excluding carboxylic acids is 3. The monoisotopic (exact) mass is 520 g/mol. The van der Waals surface area contributed by atoms with Crippen LogP contribution in [0.5, 0.6) is 0 Å². The van der Waals surface area contributed by atoms with E-state index in [0.717, 1.165) is 22.8 Å². The normalized spacial score (nSPS) is 18.5. The number of anilines is 1. The van der Waals surface area contributed by atoms with Crippen molar-refractivity contribution in [3.63, 3.8) is 0 Å². The summed E-state index contributed by atoms with van der Waals surface area (Å²) in [5.41, 5.74) is 2.14. The molecule has 2 fully saturated rings. The first kappa shape index (κ1) is 25.0. The molecule has 1 atom stereocenters. The molecule has 1 unspecified atom stereocenters. The summed E-state index contributed by atoms with van der Waals surface area (Å²) in [5.74, 6) is -0.0737. The molecule has 3 aliphatic heterocycles. The molecule has 3 aliphatic rings. The van der Waals surface area contributed by atoms with Gasteiger partial charge in [-0.05, 0) is 48.9 Å². The molecule has 2 N–H and O–H groups in total. The summed E-state index contributed by atoms with van der Waals surface area (Å²) in [4.78, 5) is 48.3. The number of nitrogens with one attached hydrogen (secondary N) is 2. The second-order valence-corrected chi connectivity index (χ2v) is 10.5. The maximum atomic E-state index is 13.6. The molecule has 4 amide bonds. The van der Waals surface area contributed by atoms with Gasteiger partial charge in [-0.25, -0.2) is 4.79 Å². The van der Waals surface area contributed by atoms with Gasteiger partial charge in [-0.1, -0.05) is 30.3 Å². The number of hydrogen-bond acceptors (Lipinski definition) is 6. The number of nitrogens with zero attached hydrogens (tertiary/aromatic N) is 4. The Hall–Kier alpha value is -3.66. The van der Waals surface area contributed by atoms with Crippen LogP contribution in [-0.4, -0.2) is 83.2 Å². The van der Waals surface area contributed by atoms with Crippen LogP contribution < -0.4 is 10.6 Å². The molecule has 0 radical (unpaired) electrons. The van der Waals surface area contributed by atoms with Gasteiger partial charge in [0.1, 0.15) is 11.7 Å². The molecular weight excluding hydrogens is 488 g/mol. The highest BCUT2D eigenvalue weighted by atomic mass is 32.2. The molecule has 194 valence electrons. The third-order valence-electron chi connectivity index (χ3n) is 7.10. The smallest absolute Gasteiger partial charge is 0.320 e. The summed E-state index contributed by atoms with van der Waals surface area (Å²) in [6.07, 6.45) is 5.32. The Bertz CT molecular complexity index is 1180. The first-order valence-electron chi connectivity index (χ1n) is 12.5. The fourth-order valence-corrected chi connectivity index (χ4v) is 5.56. The molecular formula is C27H32N6O3S. The summed E-state index contributed by atoms with van der Waals surface area (Å²) in [6.45, 7) is 2.40. The average molecular weight is 521 g/mol. The highest BCUT2D eigenvalue weighted by Gasteiger charge is 2.41. The van der Waals surface area contributed by atoms with Crippen LogP contribution in [0.1, 0.15) is 24.4 Å². The van der Waals surface area contributed by atoms with Crippen molar-refractivity contribution in [2.24, 2.45) is 0 Å². The second kappa shape index (κ2) is 10.8. The van der Waals surface area contributed by atoms with Crippen LogP contribution in [-0.2, 0) is 9.59 Å². The maximum Gasteiger partial charge on any atom is 0.320 e. The minimum atomic E-state index is -0.803. The zero-order valence-corrected chi connectivity index (χ0v) is 21.9. The van der Waals surface area contributed by atoms with Crippen LogP contribution in [0.4, 0.5) is 10.5 Å². The van der Waals surface area contributed by atoms with Crippen molar-refractivity contribution in [2.75, 3.05) is 45.0 Å². The Balaban J connectivity index is 1.22. The van der Waals surface area contributed by atoms with Gasteiger partial charge in [-0.3, -0.25) is 9.59 Å². The number of benzene rings is 2. The van der Waals surface area contributed by atoms with Crippen molar-refractivity contribution in [1.82, 2.24) is 24.9 Å². The van der Waals surface area contributed by atoms with E-state index in [4.69, 9.17) is 0 Å². The highest BCUT2D eigenvalue weighted by molar-refractivity contribution is 7.98. The van der Waals surface area contributed by atoms with Gasteiger partial charge in [0.25, 0.3) is 5.91 Å². The number of fused-ring (bicyclic) bond motifs is 1. The number of thioether (sulfide) groups is 1. The van der Waals surface area contributed by atoms with E-state index in [1.165, 1.54) is 0 Å². The van der Waals surface area contributed by atoms with E-state index in [9.17, 15) is 14.4 Å². The van der Waals surface area contributed by atoms with Gasteiger partial charge in [0.05, 0.1) is 13.3 Å². The van der Waals surface area contributed by atoms with E-state index in [-0.39, 0.29) is 17.9 Å². The predicted octanol–water partition coefficient (Wildman–Crippen LogP) is 3.11. The molecule has 2 aromatic carbocycles. The molecule has 5 rings (SSSR count). The van der Waals surface area contributed by atoms with Crippen molar-refractivity contribution in [1.29, 1.82) is 0 Å². The SMILES string of the molecule is CSc1ccc(NC(=O)NC(C(=O)N2CCC(N3CN4CN(C)C=C4C3=O)CC2)c2ccccc2)cc1. The maximum absolute atomic E-state index is 13.6. The van der Waals surface area contributed by atoms with E-state index in [2.05, 4.69) is 15.5 Å². The number of piperidine rings is 1. The van der Waals surface area contributed by atoms with E-state index >= 15 is 0 Å². The molecule has 0 spiro atoms. The molecule has 9 nitrogen and oxygen atoms in total. The van der Waals surface area contributed by atoms with Gasteiger partial charge < -0.3 is 30.2 Å². The van der Waals surface area contributed by atoms with Crippen LogP contribution in [0, 0.1) is 0 Å². The van der Waals surface area contributed by atoms with Gasteiger partial charge in [0, 0.05) is 43.0 Å². The third kappa shape index (κ3) is 5.39. The summed E-state index contributed by atoms with van der Waals surface area (Å²) in [7, 11) is 1.96. The Kier molecular flexibility index (Phi) is 7.27. The highest BCUT2D eigenvalue weighted by Crippen LogP contribution is 2.30. The summed E-state index contributed by atoms with van der Waals surface area (Å²) in [6, 6.07) is 15.7. The van der Waals surface area contributed by atoms with Crippen LogP contribution in [0.15, 0.2) is 71.4 Å². The van der Waals surface area contributed by atoms with Crippen molar-refractivity contribution in [3.8, 4) is 0 Å². The average Bonchev–Trinajstić information content (AvgIpc) is 3.44. The molecule has 0 aliphatic carbocycles. The standard InChI is InChI=1S/C27H32N6O3S/c1-30-16-23-25(34)33(18-32(23)17-30)21-12-14-31(15-13-21)26(35)24(19-6-4-3-5-7-19)29-27(36)28-20-8-10-22(37-2)11-9-20/h3-11,16,21,24H,12-15,17-18H2,1-2H3,(H2,28,29,36). The Morgan fingerprint density at radius 3 is 2.35 bits per heavy atom. The topological polar surface area (TPSA) is 88.2 Å². The molecule has 2 saturated heterocycles. The van der Waals surface area contributed by atoms with Crippen LogP contribution in [0.25, 0.3) is 0 Å². The Morgan fingerprint density at radius 2 is 1.70 bits per heavy atom. The fourth-order valence-electron chi connectivity index (χ4n) is 5.15. The van der Waals surface area contributed by atoms with Crippen molar-refractivity contribution < 1.29 is 14.4 Å². The summed E-state index contributed by atoms with van der Waals surface area (Å²) in [5, 5.41) is 5.72. The number of amides is 4. The summed E-state index contributed by atoms with van der Waals surface area (Å²) < 4.78 is 0. The first-order valence-corrected chi connectivity index (χ1v) is 13.7. The zero-order valence-electron chi connectivity index (χ0n) is 21.1. The molecule has 10 heteroatoms. The molecule has 2 aromatic rings. The fraction of sp³-hybridized carbons (Fsp3) is 0.370. The van der Waals surface area contributed by atoms with Crippen LogP contribution in [0.3, 0.4) is 0 Å². The number of rotatable bonds is 6. The van der Waals surface area contributed by atoms with Crippen molar-refractivity contribution in [2.45, 2.75) is 29.8 Å². The lowest BCUT2D eigenvalue weighted by Gasteiger charge is -2.38. The Labute approximate surface area is 221 Å². The summed E-state index contributed by atoms with van der Waals surface area (Å²) >= 11 is 1.63. The minimum absolute atomic E-state index is 0.0696. The van der Waals surface area contributed by atoms with Gasteiger partial charge in [-0.2, -0.15) is 0 Å². The van der Waals surface area contributed by atoms with Crippen molar-refractivity contribution in [3.05, 3.63) is 72.1 Å². The van der Waals surface area contributed by atoms with E-state index < -0.39 is 12.1 Å². The van der Waals surface area contributed by atoms with Gasteiger partial charge in [-0.15, -0.1) is 11.8 Å².